The van der Waals surface area contributed by atoms with Gasteiger partial charge >= 0.3 is 0 Å². The van der Waals surface area contributed by atoms with Gasteiger partial charge in [0.1, 0.15) is 5.82 Å². The number of nitrogens with zero attached hydrogens (tertiary/aromatic N) is 1. The minimum Gasteiger partial charge on any atom is -0.490 e. The molecule has 0 fully saturated rings. The van der Waals surface area contributed by atoms with Crippen molar-refractivity contribution in [1.82, 2.24) is 15.3 Å². The Balaban J connectivity index is 1.52. The van der Waals surface area contributed by atoms with Crippen LogP contribution in [0.4, 0.5) is 0 Å². The predicted molar refractivity (Wildman–Crippen MR) is 105 cm³/mol. The van der Waals surface area contributed by atoms with Crippen molar-refractivity contribution in [2.24, 2.45) is 0 Å². The average molecular weight is 353 g/mol. The van der Waals surface area contributed by atoms with E-state index in [1.165, 1.54) is 5.56 Å². The average Bonchev–Trinajstić information content (AvgIpc) is 3.07. The first-order valence-electron chi connectivity index (χ1n) is 9.33. The summed E-state index contributed by atoms with van der Waals surface area (Å²) in [5.41, 5.74) is 3.29. The maximum atomic E-state index is 5.75. The summed E-state index contributed by atoms with van der Waals surface area (Å²) in [6.45, 7) is 7.06. The van der Waals surface area contributed by atoms with Gasteiger partial charge in [0, 0.05) is 19.5 Å². The summed E-state index contributed by atoms with van der Waals surface area (Å²) in [5, 5.41) is 3.47. The Morgan fingerprint density at radius 1 is 1.04 bits per heavy atom. The van der Waals surface area contributed by atoms with Gasteiger partial charge in [0.2, 0.25) is 0 Å². The maximum Gasteiger partial charge on any atom is 0.161 e. The van der Waals surface area contributed by atoms with Crippen LogP contribution in [0.3, 0.4) is 0 Å². The third kappa shape index (κ3) is 4.76. The molecule has 0 bridgehead atoms. The summed E-state index contributed by atoms with van der Waals surface area (Å²) >= 11 is 0. The first kappa shape index (κ1) is 18.3. The van der Waals surface area contributed by atoms with Gasteiger partial charge in [-0.15, -0.1) is 0 Å². The van der Waals surface area contributed by atoms with Crippen LogP contribution < -0.4 is 14.8 Å². The Bertz CT molecular complexity index is 796. The van der Waals surface area contributed by atoms with E-state index in [0.717, 1.165) is 54.3 Å². The quantitative estimate of drug-likeness (QED) is 0.539. The van der Waals surface area contributed by atoms with Crippen LogP contribution in [0.5, 0.6) is 11.5 Å². The lowest BCUT2D eigenvalue weighted by Crippen LogP contribution is -2.17. The van der Waals surface area contributed by atoms with Crippen molar-refractivity contribution in [2.45, 2.75) is 33.2 Å². The molecule has 1 heterocycles. The maximum absolute atomic E-state index is 5.75. The van der Waals surface area contributed by atoms with Crippen LogP contribution in [0.1, 0.15) is 31.7 Å². The van der Waals surface area contributed by atoms with Gasteiger partial charge < -0.3 is 19.8 Å². The van der Waals surface area contributed by atoms with Crippen molar-refractivity contribution >= 4 is 11.0 Å². The van der Waals surface area contributed by atoms with Gasteiger partial charge in [-0.1, -0.05) is 25.1 Å². The second-order valence-electron chi connectivity index (χ2n) is 6.19. The van der Waals surface area contributed by atoms with Gasteiger partial charge in [0.15, 0.2) is 11.5 Å². The Labute approximate surface area is 154 Å². The molecule has 0 amide bonds. The van der Waals surface area contributed by atoms with Gasteiger partial charge in [-0.3, -0.25) is 0 Å². The van der Waals surface area contributed by atoms with E-state index in [1.807, 2.05) is 31.2 Å². The highest BCUT2D eigenvalue weighted by Gasteiger charge is 2.07. The third-order valence-electron chi connectivity index (χ3n) is 4.08. The van der Waals surface area contributed by atoms with Crippen molar-refractivity contribution in [3.63, 3.8) is 0 Å². The summed E-state index contributed by atoms with van der Waals surface area (Å²) in [5.74, 6) is 2.65. The van der Waals surface area contributed by atoms with Gasteiger partial charge in [-0.25, -0.2) is 4.98 Å². The number of rotatable bonds is 10. The molecule has 0 aliphatic carbocycles. The largest absolute Gasteiger partial charge is 0.490 e. The smallest absolute Gasteiger partial charge is 0.161 e. The minimum atomic E-state index is 0.630. The van der Waals surface area contributed by atoms with E-state index in [4.69, 9.17) is 9.47 Å². The lowest BCUT2D eigenvalue weighted by atomic mass is 10.2. The molecule has 0 spiro atoms. The number of fused-ring (bicyclic) bond motifs is 1. The fourth-order valence-corrected chi connectivity index (χ4v) is 2.83. The van der Waals surface area contributed by atoms with Crippen LogP contribution >= 0.6 is 0 Å². The van der Waals surface area contributed by atoms with E-state index in [0.29, 0.717) is 13.2 Å². The molecule has 2 N–H and O–H groups in total. The van der Waals surface area contributed by atoms with Crippen LogP contribution in [-0.4, -0.2) is 29.7 Å². The zero-order valence-corrected chi connectivity index (χ0v) is 15.5. The second-order valence-corrected chi connectivity index (χ2v) is 6.19. The molecule has 1 aromatic heterocycles. The molecule has 5 heteroatoms. The summed E-state index contributed by atoms with van der Waals surface area (Å²) < 4.78 is 11.5. The van der Waals surface area contributed by atoms with E-state index in [-0.39, 0.29) is 0 Å². The molecular formula is C21H27N3O2. The summed E-state index contributed by atoms with van der Waals surface area (Å²) in [6.07, 6.45) is 1.85. The molecule has 3 rings (SSSR count). The normalized spacial score (nSPS) is 11.0. The van der Waals surface area contributed by atoms with Crippen molar-refractivity contribution in [1.29, 1.82) is 0 Å². The Kier molecular flexibility index (Phi) is 6.50. The number of benzene rings is 2. The van der Waals surface area contributed by atoms with E-state index in [9.17, 15) is 0 Å². The lowest BCUT2D eigenvalue weighted by molar-refractivity contribution is 0.276. The molecular weight excluding hydrogens is 326 g/mol. The van der Waals surface area contributed by atoms with Crippen LogP contribution in [0, 0.1) is 0 Å². The summed E-state index contributed by atoms with van der Waals surface area (Å²) in [4.78, 5) is 7.96. The number of nitrogens with one attached hydrogen (secondary N) is 2. The zero-order chi connectivity index (χ0) is 18.2. The van der Waals surface area contributed by atoms with Crippen LogP contribution in [0.25, 0.3) is 11.0 Å². The number of aromatic amines is 1. The second kappa shape index (κ2) is 9.25. The third-order valence-corrected chi connectivity index (χ3v) is 4.08. The van der Waals surface area contributed by atoms with E-state index < -0.39 is 0 Å². The number of hydrogen-bond donors (Lipinski definition) is 2. The fourth-order valence-electron chi connectivity index (χ4n) is 2.83. The number of ether oxygens (including phenoxy) is 2. The highest BCUT2D eigenvalue weighted by Crippen LogP contribution is 2.28. The van der Waals surface area contributed by atoms with Crippen LogP contribution in [-0.2, 0) is 13.0 Å². The molecule has 0 saturated heterocycles. The number of para-hydroxylation sites is 2. The molecule has 2 aromatic carbocycles. The lowest BCUT2D eigenvalue weighted by Gasteiger charge is -2.13. The molecule has 138 valence electrons. The Hall–Kier alpha value is -2.53. The molecule has 0 atom stereocenters. The molecule has 0 aliphatic heterocycles. The Morgan fingerprint density at radius 3 is 2.73 bits per heavy atom. The molecule has 0 saturated carbocycles. The number of hydrogen-bond acceptors (Lipinski definition) is 4. The molecule has 3 aromatic rings. The van der Waals surface area contributed by atoms with Crippen molar-refractivity contribution in [3.8, 4) is 11.5 Å². The van der Waals surface area contributed by atoms with Gasteiger partial charge in [-0.2, -0.15) is 0 Å². The summed E-state index contributed by atoms with van der Waals surface area (Å²) in [6, 6.07) is 14.2. The van der Waals surface area contributed by atoms with Gasteiger partial charge in [0.25, 0.3) is 0 Å². The zero-order valence-electron chi connectivity index (χ0n) is 15.5. The first-order chi connectivity index (χ1) is 12.8. The number of aromatic nitrogens is 2. The first-order valence-corrected chi connectivity index (χ1v) is 9.33. The highest BCUT2D eigenvalue weighted by atomic mass is 16.5. The molecule has 0 unspecified atom stereocenters. The van der Waals surface area contributed by atoms with Crippen LogP contribution in [0.2, 0.25) is 0 Å². The van der Waals surface area contributed by atoms with E-state index >= 15 is 0 Å². The molecule has 5 nitrogen and oxygen atoms in total. The topological polar surface area (TPSA) is 59.2 Å². The highest BCUT2D eigenvalue weighted by molar-refractivity contribution is 5.74. The van der Waals surface area contributed by atoms with Crippen LogP contribution in [0.15, 0.2) is 42.5 Å². The Morgan fingerprint density at radius 2 is 1.92 bits per heavy atom. The predicted octanol–water partition coefficient (Wildman–Crippen LogP) is 4.08. The van der Waals surface area contributed by atoms with Crippen molar-refractivity contribution < 1.29 is 9.47 Å². The SMILES string of the molecule is CCCOc1ccc(CNCCc2nc3ccccc3[nH]2)cc1OCC. The summed E-state index contributed by atoms with van der Waals surface area (Å²) in [7, 11) is 0. The monoisotopic (exact) mass is 353 g/mol. The standard InChI is InChI=1S/C21H27N3O2/c1-3-13-26-19-10-9-16(14-20(19)25-4-2)15-22-12-11-21-23-17-7-5-6-8-18(17)24-21/h5-10,14,22H,3-4,11-13,15H2,1-2H3,(H,23,24). The van der Waals surface area contributed by atoms with Gasteiger partial charge in [-0.05, 0) is 43.2 Å². The number of H-pyrrole nitrogens is 1. The van der Waals surface area contributed by atoms with E-state index in [1.54, 1.807) is 0 Å². The molecule has 0 aliphatic rings. The van der Waals surface area contributed by atoms with Crippen molar-refractivity contribution in [3.05, 3.63) is 53.9 Å². The minimum absolute atomic E-state index is 0.630. The van der Waals surface area contributed by atoms with E-state index in [2.05, 4.69) is 40.4 Å². The molecule has 0 radical (unpaired) electrons. The molecule has 26 heavy (non-hydrogen) atoms. The van der Waals surface area contributed by atoms with Crippen molar-refractivity contribution in [2.75, 3.05) is 19.8 Å². The van der Waals surface area contributed by atoms with Gasteiger partial charge in [0.05, 0.1) is 24.2 Å². The fraction of sp³-hybridized carbons (Fsp3) is 0.381. The number of imidazole rings is 1.